The van der Waals surface area contributed by atoms with Crippen molar-refractivity contribution < 1.29 is 0 Å². The van der Waals surface area contributed by atoms with Gasteiger partial charge < -0.3 is 0 Å². The fraction of sp³-hybridized carbons (Fsp3) is 0.500. The first-order valence-electron chi connectivity index (χ1n) is 13.9. The van der Waals surface area contributed by atoms with Gasteiger partial charge in [0.05, 0.1) is 11.0 Å². The maximum atomic E-state index is 4.87. The average molecular weight is 455 g/mol. The Balaban J connectivity index is 1.45. The van der Waals surface area contributed by atoms with Crippen molar-refractivity contribution in [3.63, 3.8) is 0 Å². The minimum Gasteiger partial charge on any atom is -0.256 e. The summed E-state index contributed by atoms with van der Waals surface area (Å²) in [5, 5.41) is 4.86. The lowest BCUT2D eigenvalue weighted by molar-refractivity contribution is 0.607. The molecule has 0 radical (unpaired) electrons. The topological polar surface area (TPSA) is 25.8 Å². The normalized spacial score (nSPS) is 11.7. The Labute approximate surface area is 206 Å². The molecule has 0 atom stereocenters. The first-order chi connectivity index (χ1) is 16.8. The third kappa shape index (κ3) is 6.34. The second-order valence-corrected chi connectivity index (χ2v) is 10.1. The summed E-state index contributed by atoms with van der Waals surface area (Å²) >= 11 is 0. The van der Waals surface area contributed by atoms with E-state index in [1.807, 2.05) is 0 Å². The van der Waals surface area contributed by atoms with E-state index in [4.69, 9.17) is 9.97 Å². The molecule has 2 heterocycles. The molecule has 34 heavy (non-hydrogen) atoms. The molecular weight excluding hydrogens is 412 g/mol. The Morgan fingerprint density at radius 1 is 0.471 bits per heavy atom. The molecule has 2 nitrogen and oxygen atoms in total. The van der Waals surface area contributed by atoms with Crippen molar-refractivity contribution in [2.45, 2.75) is 104 Å². The van der Waals surface area contributed by atoms with Crippen LogP contribution in [0.1, 0.15) is 102 Å². The van der Waals surface area contributed by atoms with Gasteiger partial charge in [-0.15, -0.1) is 0 Å². The predicted molar refractivity (Wildman–Crippen MR) is 149 cm³/mol. The average Bonchev–Trinajstić information content (AvgIpc) is 2.87. The molecule has 0 aliphatic heterocycles. The molecule has 0 saturated heterocycles. The van der Waals surface area contributed by atoms with Gasteiger partial charge in [0.15, 0.2) is 0 Å². The standard InChI is InChI=1S/C32H42N2/c1-3-5-7-9-11-13-15-25-17-19-27-29-24-34-32-22-26(16-14-12-10-8-6-4-2)18-20-28(32)30(29)23-33-31(27)21-25/h17-24H,3-16H2,1-2H3. The Kier molecular flexibility index (Phi) is 9.30. The van der Waals surface area contributed by atoms with Crippen molar-refractivity contribution >= 4 is 32.6 Å². The number of benzene rings is 2. The quantitative estimate of drug-likeness (QED) is 0.140. The van der Waals surface area contributed by atoms with Crippen molar-refractivity contribution in [1.29, 1.82) is 0 Å². The van der Waals surface area contributed by atoms with Crippen molar-refractivity contribution in [3.05, 3.63) is 59.9 Å². The maximum Gasteiger partial charge on any atom is 0.0711 e. The van der Waals surface area contributed by atoms with Gasteiger partial charge >= 0.3 is 0 Å². The molecule has 0 unspecified atom stereocenters. The molecule has 2 aromatic heterocycles. The molecule has 0 N–H and O–H groups in total. The second kappa shape index (κ2) is 12.8. The van der Waals surface area contributed by atoms with Crippen molar-refractivity contribution in [2.75, 3.05) is 0 Å². The van der Waals surface area contributed by atoms with Gasteiger partial charge in [-0.3, -0.25) is 9.97 Å². The number of rotatable bonds is 14. The van der Waals surface area contributed by atoms with Gasteiger partial charge in [-0.05, 0) is 48.9 Å². The van der Waals surface area contributed by atoms with Gasteiger partial charge in [0, 0.05) is 33.9 Å². The minimum absolute atomic E-state index is 1.09. The summed E-state index contributed by atoms with van der Waals surface area (Å²) < 4.78 is 0. The molecule has 2 aromatic carbocycles. The summed E-state index contributed by atoms with van der Waals surface area (Å²) in [6, 6.07) is 13.7. The number of hydrogen-bond donors (Lipinski definition) is 0. The summed E-state index contributed by atoms with van der Waals surface area (Å²) in [7, 11) is 0. The van der Waals surface area contributed by atoms with Crippen LogP contribution < -0.4 is 0 Å². The fourth-order valence-corrected chi connectivity index (χ4v) is 5.19. The Hall–Kier alpha value is -2.48. The molecular formula is C32H42N2. The van der Waals surface area contributed by atoms with E-state index >= 15 is 0 Å². The number of fused-ring (bicyclic) bond motifs is 5. The van der Waals surface area contributed by atoms with Crippen LogP contribution in [0.15, 0.2) is 48.8 Å². The number of hydrogen-bond acceptors (Lipinski definition) is 2. The lowest BCUT2D eigenvalue weighted by Crippen LogP contribution is -1.91. The Bertz CT molecular complexity index is 1100. The summed E-state index contributed by atoms with van der Waals surface area (Å²) in [4.78, 5) is 9.74. The molecule has 0 amide bonds. The first-order valence-corrected chi connectivity index (χ1v) is 13.9. The maximum absolute atomic E-state index is 4.87. The van der Waals surface area contributed by atoms with E-state index in [0.717, 1.165) is 23.9 Å². The van der Waals surface area contributed by atoms with E-state index < -0.39 is 0 Å². The molecule has 0 spiro atoms. The third-order valence-corrected chi connectivity index (χ3v) is 7.30. The lowest BCUT2D eigenvalue weighted by Gasteiger charge is -2.09. The highest BCUT2D eigenvalue weighted by atomic mass is 14.7. The van der Waals surface area contributed by atoms with E-state index in [-0.39, 0.29) is 0 Å². The fourth-order valence-electron chi connectivity index (χ4n) is 5.19. The van der Waals surface area contributed by atoms with Gasteiger partial charge in [-0.2, -0.15) is 0 Å². The SMILES string of the molecule is CCCCCCCCc1ccc2c(c1)ncc1c3ccc(CCCCCCCC)cc3ncc21. The number of aromatic nitrogens is 2. The van der Waals surface area contributed by atoms with Crippen LogP contribution in [0.3, 0.4) is 0 Å². The predicted octanol–water partition coefficient (Wildman–Crippen LogP) is 9.74. The summed E-state index contributed by atoms with van der Waals surface area (Å²) in [5.74, 6) is 0. The van der Waals surface area contributed by atoms with E-state index in [1.165, 1.54) is 110 Å². The van der Waals surface area contributed by atoms with Gasteiger partial charge in [-0.1, -0.05) is 102 Å². The number of pyridine rings is 2. The highest BCUT2D eigenvalue weighted by molar-refractivity contribution is 6.14. The van der Waals surface area contributed by atoms with Crippen LogP contribution in [0.4, 0.5) is 0 Å². The highest BCUT2D eigenvalue weighted by Gasteiger charge is 2.08. The van der Waals surface area contributed by atoms with Crippen molar-refractivity contribution in [1.82, 2.24) is 9.97 Å². The largest absolute Gasteiger partial charge is 0.256 e. The first kappa shape index (κ1) is 24.6. The molecule has 4 rings (SSSR count). The Morgan fingerprint density at radius 3 is 1.32 bits per heavy atom. The molecule has 0 fully saturated rings. The zero-order valence-electron chi connectivity index (χ0n) is 21.4. The third-order valence-electron chi connectivity index (χ3n) is 7.30. The molecule has 0 bridgehead atoms. The van der Waals surface area contributed by atoms with Gasteiger partial charge in [0.2, 0.25) is 0 Å². The Morgan fingerprint density at radius 2 is 0.882 bits per heavy atom. The van der Waals surface area contributed by atoms with Crippen LogP contribution in [0.2, 0.25) is 0 Å². The van der Waals surface area contributed by atoms with E-state index in [0.29, 0.717) is 0 Å². The smallest absolute Gasteiger partial charge is 0.0711 e. The van der Waals surface area contributed by atoms with E-state index in [9.17, 15) is 0 Å². The minimum atomic E-state index is 1.09. The highest BCUT2D eigenvalue weighted by Crippen LogP contribution is 2.30. The zero-order valence-corrected chi connectivity index (χ0v) is 21.4. The monoisotopic (exact) mass is 454 g/mol. The zero-order chi connectivity index (χ0) is 23.6. The molecule has 0 aliphatic rings. The molecule has 2 heteroatoms. The van der Waals surface area contributed by atoms with Crippen LogP contribution in [-0.4, -0.2) is 9.97 Å². The number of aryl methyl sites for hydroxylation is 2. The summed E-state index contributed by atoms with van der Waals surface area (Å²) in [5.41, 5.74) is 5.00. The van der Waals surface area contributed by atoms with Crippen molar-refractivity contribution in [2.24, 2.45) is 0 Å². The second-order valence-electron chi connectivity index (χ2n) is 10.1. The van der Waals surface area contributed by atoms with Crippen LogP contribution >= 0.6 is 0 Å². The van der Waals surface area contributed by atoms with Crippen molar-refractivity contribution in [3.8, 4) is 0 Å². The lowest BCUT2D eigenvalue weighted by atomic mass is 9.99. The van der Waals surface area contributed by atoms with E-state index in [2.05, 4.69) is 62.6 Å². The van der Waals surface area contributed by atoms with Gasteiger partial charge in [-0.25, -0.2) is 0 Å². The number of nitrogens with zero attached hydrogens (tertiary/aromatic N) is 2. The van der Waals surface area contributed by atoms with E-state index in [1.54, 1.807) is 0 Å². The van der Waals surface area contributed by atoms with Crippen LogP contribution in [0, 0.1) is 0 Å². The number of unbranched alkanes of at least 4 members (excludes halogenated alkanes) is 10. The molecule has 0 aliphatic carbocycles. The van der Waals surface area contributed by atoms with Gasteiger partial charge in [0.25, 0.3) is 0 Å². The summed E-state index contributed by atoms with van der Waals surface area (Å²) in [6.45, 7) is 4.55. The molecule has 4 aromatic rings. The summed E-state index contributed by atoms with van der Waals surface area (Å²) in [6.07, 6.45) is 22.5. The van der Waals surface area contributed by atoms with Crippen LogP contribution in [0.5, 0.6) is 0 Å². The van der Waals surface area contributed by atoms with Crippen LogP contribution in [-0.2, 0) is 12.8 Å². The molecule has 180 valence electrons. The van der Waals surface area contributed by atoms with Gasteiger partial charge in [0.1, 0.15) is 0 Å². The van der Waals surface area contributed by atoms with Crippen LogP contribution in [0.25, 0.3) is 32.6 Å². The molecule has 0 saturated carbocycles.